The molecule has 4 nitrogen and oxygen atoms in total. The Hall–Kier alpha value is -3.47. The van der Waals surface area contributed by atoms with E-state index in [4.69, 9.17) is 0 Å². The highest BCUT2D eigenvalue weighted by atomic mass is 16.3. The Kier molecular flexibility index (Phi) is 7.66. The van der Waals surface area contributed by atoms with Crippen molar-refractivity contribution in [2.24, 2.45) is 4.99 Å². The van der Waals surface area contributed by atoms with Gasteiger partial charge in [0, 0.05) is 23.2 Å². The van der Waals surface area contributed by atoms with Gasteiger partial charge >= 0.3 is 6.98 Å². The van der Waals surface area contributed by atoms with Gasteiger partial charge in [0.2, 0.25) is 0 Å². The largest absolute Gasteiger partial charge is 0.509 e. The van der Waals surface area contributed by atoms with Gasteiger partial charge in [-0.2, -0.15) is 0 Å². The molecular weight excluding hydrogens is 357 g/mol. The summed E-state index contributed by atoms with van der Waals surface area (Å²) < 4.78 is 0. The second kappa shape index (κ2) is 10.2. The Morgan fingerprint density at radius 2 is 1.90 bits per heavy atom. The Morgan fingerprint density at radius 1 is 1.17 bits per heavy atom. The highest BCUT2D eigenvalue weighted by Crippen LogP contribution is 2.35. The normalized spacial score (nSPS) is 24.1. The first-order valence-corrected chi connectivity index (χ1v) is 9.47. The number of hydrogen-bond acceptors (Lipinski definition) is 3. The van der Waals surface area contributed by atoms with Crippen LogP contribution in [-0.4, -0.2) is 27.5 Å². The number of aliphatic hydroxyl groups is 1. The average molecular weight is 385 g/mol. The number of rotatable bonds is 4. The molecule has 0 radical (unpaired) electrons. The molecule has 2 rings (SSSR count). The Balaban J connectivity index is 2.74. The van der Waals surface area contributed by atoms with Crippen LogP contribution in [0.2, 0.25) is 6.32 Å². The summed E-state index contributed by atoms with van der Waals surface area (Å²) in [6.07, 6.45) is 18.9. The summed E-state index contributed by atoms with van der Waals surface area (Å²) >= 11 is 0. The molecule has 2 aliphatic heterocycles. The maximum atomic E-state index is 9.92. The van der Waals surface area contributed by atoms with Crippen molar-refractivity contribution in [3.8, 4) is 0 Å². The van der Waals surface area contributed by atoms with Gasteiger partial charge in [0.25, 0.3) is 0 Å². The molecular formula is C24H28BN3O. The van der Waals surface area contributed by atoms with Gasteiger partial charge in [-0.3, -0.25) is 0 Å². The van der Waals surface area contributed by atoms with Crippen LogP contribution in [0.4, 0.5) is 0 Å². The van der Waals surface area contributed by atoms with E-state index in [0.29, 0.717) is 11.4 Å². The van der Waals surface area contributed by atoms with E-state index < -0.39 is 0 Å². The van der Waals surface area contributed by atoms with Crippen LogP contribution >= 0.6 is 0 Å². The van der Waals surface area contributed by atoms with E-state index in [1.807, 2.05) is 35.2 Å². The van der Waals surface area contributed by atoms with Crippen LogP contribution in [0.3, 0.4) is 0 Å². The summed E-state index contributed by atoms with van der Waals surface area (Å²) in [5, 5.41) is 9.92. The van der Waals surface area contributed by atoms with Crippen molar-refractivity contribution in [2.75, 3.05) is 0 Å². The van der Waals surface area contributed by atoms with Crippen molar-refractivity contribution < 1.29 is 5.11 Å². The van der Waals surface area contributed by atoms with E-state index >= 15 is 0 Å². The van der Waals surface area contributed by atoms with Crippen LogP contribution in [-0.2, 0) is 0 Å². The molecule has 0 bridgehead atoms. The van der Waals surface area contributed by atoms with Crippen molar-refractivity contribution in [2.45, 2.75) is 19.2 Å². The predicted octanol–water partition coefficient (Wildman–Crippen LogP) is 5.82. The lowest BCUT2D eigenvalue weighted by atomic mass is 9.62. The zero-order valence-electron chi connectivity index (χ0n) is 16.9. The van der Waals surface area contributed by atoms with Crippen molar-refractivity contribution in [1.82, 2.24) is 9.62 Å². The minimum Gasteiger partial charge on any atom is -0.509 e. The van der Waals surface area contributed by atoms with Crippen LogP contribution in [0.25, 0.3) is 0 Å². The fourth-order valence-electron chi connectivity index (χ4n) is 3.48. The molecule has 0 unspecified atom stereocenters. The quantitative estimate of drug-likeness (QED) is 0.489. The summed E-state index contributed by atoms with van der Waals surface area (Å²) in [4.78, 5) is 8.57. The number of aliphatic imine (C=N–C) groups is 1. The molecule has 1 saturated heterocycles. The molecule has 148 valence electrons. The summed E-state index contributed by atoms with van der Waals surface area (Å²) in [5.74, 6) is 0.551. The standard InChI is InChI=1S/C24H28BN3O/c1-7-13-23-22(18-21(6)29)24(26-8-2)27(9-3)25-17-12-15-19(4)14-10-11-16-20(5)28(23)25/h7-11,13-14,16,18,29H,1-6,12,15,17H2/b14-10-,16-11-,22-18+,23-13?,26-24?. The third-order valence-corrected chi connectivity index (χ3v) is 4.64. The maximum Gasteiger partial charge on any atom is 0.385 e. The third-order valence-electron chi connectivity index (χ3n) is 4.64. The molecule has 0 spiro atoms. The summed E-state index contributed by atoms with van der Waals surface area (Å²) in [5.41, 5.74) is 3.36. The first-order valence-electron chi connectivity index (χ1n) is 9.47. The second-order valence-electron chi connectivity index (χ2n) is 6.67. The summed E-state index contributed by atoms with van der Waals surface area (Å²) in [7, 11) is 0. The van der Waals surface area contributed by atoms with Crippen LogP contribution in [0.1, 0.15) is 12.8 Å². The number of nitrogens with zero attached hydrogens (tertiary/aromatic N) is 3. The predicted molar refractivity (Wildman–Crippen MR) is 126 cm³/mol. The van der Waals surface area contributed by atoms with E-state index in [9.17, 15) is 5.11 Å². The van der Waals surface area contributed by atoms with Crippen molar-refractivity contribution >= 4 is 12.8 Å². The van der Waals surface area contributed by atoms with Gasteiger partial charge in [-0.05, 0) is 37.2 Å². The molecule has 0 atom stereocenters. The zero-order valence-corrected chi connectivity index (χ0v) is 16.9. The van der Waals surface area contributed by atoms with E-state index in [-0.39, 0.29) is 12.7 Å². The number of hydrogen-bond donors (Lipinski definition) is 1. The summed E-state index contributed by atoms with van der Waals surface area (Å²) in [6, 6.07) is 0. The molecule has 2 aliphatic rings. The van der Waals surface area contributed by atoms with Crippen molar-refractivity contribution in [3.05, 3.63) is 123 Å². The molecule has 0 saturated carbocycles. The fraction of sp³-hybridized carbons (Fsp3) is 0.125. The minimum absolute atomic E-state index is 0.0764. The number of allylic oxidation sites excluding steroid dienone is 8. The van der Waals surface area contributed by atoms with Gasteiger partial charge in [0.1, 0.15) is 11.6 Å². The number of fused-ring (bicyclic) bond motifs is 1. The molecule has 0 aromatic heterocycles. The summed E-state index contributed by atoms with van der Waals surface area (Å²) in [6.45, 7) is 23.5. The Bertz CT molecular complexity index is 886. The van der Waals surface area contributed by atoms with Crippen LogP contribution in [0, 0.1) is 0 Å². The molecule has 2 heterocycles. The smallest absolute Gasteiger partial charge is 0.385 e. The molecule has 0 aromatic rings. The average Bonchev–Trinajstić information content (AvgIpc) is 2.70. The topological polar surface area (TPSA) is 39.1 Å². The van der Waals surface area contributed by atoms with Gasteiger partial charge in [-0.1, -0.05) is 75.8 Å². The fourth-order valence-corrected chi connectivity index (χ4v) is 3.48. The molecule has 1 N–H and O–H groups in total. The molecule has 0 amide bonds. The van der Waals surface area contributed by atoms with E-state index in [1.165, 1.54) is 6.20 Å². The van der Waals surface area contributed by atoms with Gasteiger partial charge < -0.3 is 14.7 Å². The van der Waals surface area contributed by atoms with Gasteiger partial charge in [0.15, 0.2) is 0 Å². The SMILES string of the molecule is C=CC=C1/C(=C\C(=C)O)C(=NC=C)N(C=C)B2CCCC(=C)/C=C\C=C/C(=C)N21. The highest BCUT2D eigenvalue weighted by Gasteiger charge is 2.41. The van der Waals surface area contributed by atoms with Crippen LogP contribution in [0.5, 0.6) is 0 Å². The molecule has 5 heteroatoms. The minimum atomic E-state index is -0.107. The Morgan fingerprint density at radius 3 is 2.52 bits per heavy atom. The van der Waals surface area contributed by atoms with E-state index in [2.05, 4.69) is 49.3 Å². The van der Waals surface area contributed by atoms with Gasteiger partial charge in [0.05, 0.1) is 0 Å². The van der Waals surface area contributed by atoms with E-state index in [0.717, 1.165) is 36.1 Å². The van der Waals surface area contributed by atoms with Crippen LogP contribution in [0.15, 0.2) is 128 Å². The molecule has 0 aromatic carbocycles. The lowest BCUT2D eigenvalue weighted by Crippen LogP contribution is -2.57. The van der Waals surface area contributed by atoms with Crippen molar-refractivity contribution in [3.63, 3.8) is 0 Å². The first kappa shape index (κ1) is 21.8. The maximum absolute atomic E-state index is 9.92. The monoisotopic (exact) mass is 385 g/mol. The van der Waals surface area contributed by atoms with Crippen molar-refractivity contribution in [1.29, 1.82) is 0 Å². The van der Waals surface area contributed by atoms with Gasteiger partial charge in [-0.15, -0.1) is 0 Å². The molecule has 1 fully saturated rings. The Labute approximate surface area is 174 Å². The zero-order chi connectivity index (χ0) is 21.4. The lowest BCUT2D eigenvalue weighted by molar-refractivity contribution is 0.434. The van der Waals surface area contributed by atoms with Gasteiger partial charge in [-0.25, -0.2) is 4.99 Å². The second-order valence-corrected chi connectivity index (χ2v) is 6.67. The highest BCUT2D eigenvalue weighted by molar-refractivity contribution is 6.59. The lowest BCUT2D eigenvalue weighted by Gasteiger charge is -2.45. The molecule has 0 aliphatic carbocycles. The first-order chi connectivity index (χ1) is 13.9. The van der Waals surface area contributed by atoms with Crippen LogP contribution < -0.4 is 0 Å². The number of amidine groups is 1. The molecule has 29 heavy (non-hydrogen) atoms. The number of aliphatic hydroxyl groups excluding tert-OH is 1. The van der Waals surface area contributed by atoms with E-state index in [1.54, 1.807) is 18.4 Å². The third kappa shape index (κ3) is 5.08.